The van der Waals surface area contributed by atoms with Crippen molar-refractivity contribution < 1.29 is 9.18 Å². The Hall–Kier alpha value is -3.15. The fourth-order valence-electron chi connectivity index (χ4n) is 2.60. The third-order valence-corrected chi connectivity index (χ3v) is 3.92. The second kappa shape index (κ2) is 7.61. The Bertz CT molecular complexity index is 847. The summed E-state index contributed by atoms with van der Waals surface area (Å²) < 4.78 is 15.5. The van der Waals surface area contributed by atoms with Crippen LogP contribution in [0, 0.1) is 5.82 Å². The molecule has 3 rings (SSSR count). The van der Waals surface area contributed by atoms with Crippen molar-refractivity contribution in [3.8, 4) is 0 Å². The summed E-state index contributed by atoms with van der Waals surface area (Å²) in [7, 11) is 1.86. The lowest BCUT2D eigenvalue weighted by Crippen LogP contribution is -2.38. The number of aromatic nitrogens is 2. The summed E-state index contributed by atoms with van der Waals surface area (Å²) in [5, 5.41) is 5.69. The molecule has 1 heterocycles. The summed E-state index contributed by atoms with van der Waals surface area (Å²) in [5.41, 5.74) is 1.55. The van der Waals surface area contributed by atoms with Crippen molar-refractivity contribution in [3.63, 3.8) is 0 Å². The Labute approximate surface area is 145 Å². The van der Waals surface area contributed by atoms with Crippen molar-refractivity contribution in [1.82, 2.24) is 20.2 Å². The first kappa shape index (κ1) is 16.7. The molecule has 1 aromatic heterocycles. The standard InChI is InChI=1S/C19H19FN4O/c1-24-11-10-21-17(24)13-22-19(25)23-18(14-6-3-2-4-7-14)15-8-5-9-16(20)12-15/h2-12,18H,13H2,1H3,(H2,22,23,25)/t18-/m1/s1. The zero-order valence-corrected chi connectivity index (χ0v) is 13.8. The van der Waals surface area contributed by atoms with Crippen LogP contribution in [-0.2, 0) is 13.6 Å². The molecule has 5 nitrogen and oxygen atoms in total. The number of nitrogens with zero attached hydrogens (tertiary/aromatic N) is 2. The third-order valence-electron chi connectivity index (χ3n) is 3.92. The highest BCUT2D eigenvalue weighted by Crippen LogP contribution is 2.22. The Balaban J connectivity index is 1.76. The topological polar surface area (TPSA) is 59.0 Å². The van der Waals surface area contributed by atoms with Gasteiger partial charge in [0.2, 0.25) is 0 Å². The average Bonchev–Trinajstić information content (AvgIpc) is 3.03. The minimum atomic E-state index is -0.446. The zero-order valence-electron chi connectivity index (χ0n) is 13.8. The third kappa shape index (κ3) is 4.23. The highest BCUT2D eigenvalue weighted by Gasteiger charge is 2.17. The summed E-state index contributed by atoms with van der Waals surface area (Å²) in [6, 6.07) is 14.9. The van der Waals surface area contributed by atoms with Crippen molar-refractivity contribution in [1.29, 1.82) is 0 Å². The molecule has 128 valence electrons. The maximum atomic E-state index is 13.6. The fourth-order valence-corrected chi connectivity index (χ4v) is 2.60. The Morgan fingerprint density at radius 3 is 2.60 bits per heavy atom. The van der Waals surface area contributed by atoms with Gasteiger partial charge in [-0.15, -0.1) is 0 Å². The number of amides is 2. The van der Waals surface area contributed by atoms with E-state index in [2.05, 4.69) is 15.6 Å². The number of benzene rings is 2. The predicted molar refractivity (Wildman–Crippen MR) is 93.3 cm³/mol. The van der Waals surface area contributed by atoms with Crippen molar-refractivity contribution in [2.45, 2.75) is 12.6 Å². The number of carbonyl (C=O) groups excluding carboxylic acids is 1. The van der Waals surface area contributed by atoms with Crippen LogP contribution in [-0.4, -0.2) is 15.6 Å². The molecule has 2 amide bonds. The summed E-state index contributed by atoms with van der Waals surface area (Å²) in [5.74, 6) is 0.408. The molecule has 0 saturated heterocycles. The van der Waals surface area contributed by atoms with Gasteiger partial charge in [-0.3, -0.25) is 0 Å². The first-order chi connectivity index (χ1) is 12.1. The molecule has 25 heavy (non-hydrogen) atoms. The molecule has 0 saturated carbocycles. The van der Waals surface area contributed by atoms with Crippen molar-refractivity contribution in [3.05, 3.63) is 89.8 Å². The molecule has 0 aliphatic rings. The van der Waals surface area contributed by atoms with Gasteiger partial charge in [-0.1, -0.05) is 42.5 Å². The van der Waals surface area contributed by atoms with Crippen LogP contribution in [0.2, 0.25) is 0 Å². The number of imidazole rings is 1. The molecule has 0 radical (unpaired) electrons. The maximum Gasteiger partial charge on any atom is 0.315 e. The van der Waals surface area contributed by atoms with Gasteiger partial charge in [0.25, 0.3) is 0 Å². The van der Waals surface area contributed by atoms with E-state index >= 15 is 0 Å². The van der Waals surface area contributed by atoms with Crippen molar-refractivity contribution in [2.24, 2.45) is 7.05 Å². The molecule has 2 N–H and O–H groups in total. The minimum absolute atomic E-state index is 0.306. The molecule has 0 spiro atoms. The van der Waals surface area contributed by atoms with Crippen LogP contribution in [0.3, 0.4) is 0 Å². The van der Waals surface area contributed by atoms with Crippen molar-refractivity contribution in [2.75, 3.05) is 0 Å². The first-order valence-corrected chi connectivity index (χ1v) is 7.94. The molecule has 1 atom stereocenters. The molecule has 6 heteroatoms. The lowest BCUT2D eigenvalue weighted by atomic mass is 9.99. The van der Waals surface area contributed by atoms with Gasteiger partial charge in [-0.25, -0.2) is 14.2 Å². The van der Waals surface area contributed by atoms with Crippen LogP contribution in [0.5, 0.6) is 0 Å². The lowest BCUT2D eigenvalue weighted by Gasteiger charge is -2.20. The van der Waals surface area contributed by atoms with Gasteiger partial charge in [-0.2, -0.15) is 0 Å². The second-order valence-electron chi connectivity index (χ2n) is 5.68. The van der Waals surface area contributed by atoms with E-state index in [1.807, 2.05) is 48.1 Å². The quantitative estimate of drug-likeness (QED) is 0.751. The molecule has 0 aliphatic carbocycles. The van der Waals surface area contributed by atoms with Crippen LogP contribution in [0.25, 0.3) is 0 Å². The van der Waals surface area contributed by atoms with Gasteiger partial charge >= 0.3 is 6.03 Å². The molecule has 0 aliphatic heterocycles. The zero-order chi connectivity index (χ0) is 17.6. The van der Waals surface area contributed by atoms with E-state index in [4.69, 9.17) is 0 Å². The van der Waals surface area contributed by atoms with Crippen LogP contribution in [0.4, 0.5) is 9.18 Å². The number of nitrogens with one attached hydrogen (secondary N) is 2. The number of halogens is 1. The van der Waals surface area contributed by atoms with E-state index in [9.17, 15) is 9.18 Å². The van der Waals surface area contributed by atoms with E-state index in [0.717, 1.165) is 11.4 Å². The predicted octanol–water partition coefficient (Wildman–Crippen LogP) is 3.15. The molecule has 0 unspecified atom stereocenters. The van der Waals surface area contributed by atoms with E-state index in [-0.39, 0.29) is 11.8 Å². The number of hydrogen-bond acceptors (Lipinski definition) is 2. The summed E-state index contributed by atoms with van der Waals surface area (Å²) in [4.78, 5) is 16.5. The molecular weight excluding hydrogens is 319 g/mol. The lowest BCUT2D eigenvalue weighted by molar-refractivity contribution is 0.238. The van der Waals surface area contributed by atoms with Crippen molar-refractivity contribution >= 4 is 6.03 Å². The highest BCUT2D eigenvalue weighted by molar-refractivity contribution is 5.75. The van der Waals surface area contributed by atoms with Gasteiger partial charge in [-0.05, 0) is 23.3 Å². The van der Waals surface area contributed by atoms with Gasteiger partial charge in [0.05, 0.1) is 12.6 Å². The first-order valence-electron chi connectivity index (χ1n) is 7.94. The normalized spacial score (nSPS) is 11.8. The summed E-state index contributed by atoms with van der Waals surface area (Å²) in [6.45, 7) is 0.306. The molecule has 0 bridgehead atoms. The molecule has 2 aromatic carbocycles. The summed E-state index contributed by atoms with van der Waals surface area (Å²) in [6.07, 6.45) is 3.49. The number of carbonyl (C=O) groups is 1. The minimum Gasteiger partial charge on any atom is -0.337 e. The van der Waals surface area contributed by atoms with Gasteiger partial charge in [0.15, 0.2) is 0 Å². The number of aryl methyl sites for hydroxylation is 1. The molecule has 3 aromatic rings. The molecular formula is C19H19FN4O. The Kier molecular flexibility index (Phi) is 5.09. The SMILES string of the molecule is Cn1ccnc1CNC(=O)N[C@H](c1ccccc1)c1cccc(F)c1. The number of hydrogen-bond donors (Lipinski definition) is 2. The maximum absolute atomic E-state index is 13.6. The monoisotopic (exact) mass is 338 g/mol. The molecule has 0 fully saturated rings. The van der Waals surface area contributed by atoms with Gasteiger partial charge < -0.3 is 15.2 Å². The van der Waals surface area contributed by atoms with E-state index in [1.54, 1.807) is 18.3 Å². The number of rotatable bonds is 5. The Morgan fingerprint density at radius 2 is 1.92 bits per heavy atom. The Morgan fingerprint density at radius 1 is 1.16 bits per heavy atom. The average molecular weight is 338 g/mol. The summed E-state index contributed by atoms with van der Waals surface area (Å²) >= 11 is 0. The second-order valence-corrected chi connectivity index (χ2v) is 5.68. The van der Waals surface area contributed by atoms with Gasteiger partial charge in [0.1, 0.15) is 11.6 Å². The highest BCUT2D eigenvalue weighted by atomic mass is 19.1. The van der Waals surface area contributed by atoms with E-state index in [0.29, 0.717) is 12.1 Å². The largest absolute Gasteiger partial charge is 0.337 e. The smallest absolute Gasteiger partial charge is 0.315 e. The number of urea groups is 1. The van der Waals surface area contributed by atoms with Crippen LogP contribution >= 0.6 is 0 Å². The van der Waals surface area contributed by atoms with E-state index in [1.165, 1.54) is 12.1 Å². The fraction of sp³-hybridized carbons (Fsp3) is 0.158. The van der Waals surface area contributed by atoms with Crippen LogP contribution < -0.4 is 10.6 Å². The van der Waals surface area contributed by atoms with Gasteiger partial charge in [0, 0.05) is 19.4 Å². The van der Waals surface area contributed by atoms with E-state index < -0.39 is 6.04 Å². The van der Waals surface area contributed by atoms with Crippen LogP contribution in [0.15, 0.2) is 67.0 Å². The van der Waals surface area contributed by atoms with Crippen LogP contribution in [0.1, 0.15) is 23.0 Å².